The number of carboxylic acids is 1. The Morgan fingerprint density at radius 3 is 2.88 bits per heavy atom. The van der Waals surface area contributed by atoms with Crippen LogP contribution in [-0.4, -0.2) is 16.9 Å². The summed E-state index contributed by atoms with van der Waals surface area (Å²) >= 11 is 1.57. The smallest absolute Gasteiger partial charge is 0.303 e. The van der Waals surface area contributed by atoms with Crippen molar-refractivity contribution in [3.8, 4) is 0 Å². The quantitative estimate of drug-likeness (QED) is 0.896. The monoisotopic (exact) mass is 252 g/mol. The van der Waals surface area contributed by atoms with Crippen LogP contribution >= 0.6 is 11.3 Å². The van der Waals surface area contributed by atoms with Crippen LogP contribution in [0.1, 0.15) is 43.4 Å². The van der Waals surface area contributed by atoms with Crippen molar-refractivity contribution in [1.29, 1.82) is 0 Å². The molecule has 17 heavy (non-hydrogen) atoms. The maximum Gasteiger partial charge on any atom is 0.303 e. The van der Waals surface area contributed by atoms with E-state index in [0.717, 1.165) is 24.1 Å². The minimum atomic E-state index is -0.820. The van der Waals surface area contributed by atoms with Crippen LogP contribution in [0, 0.1) is 0 Å². The molecule has 0 radical (unpaired) electrons. The van der Waals surface area contributed by atoms with Gasteiger partial charge in [0.1, 0.15) is 5.78 Å². The molecule has 0 amide bonds. The normalized spacial score (nSPS) is 24.8. The van der Waals surface area contributed by atoms with Crippen molar-refractivity contribution in [2.75, 3.05) is 0 Å². The lowest BCUT2D eigenvalue weighted by Crippen LogP contribution is -2.38. The van der Waals surface area contributed by atoms with Crippen molar-refractivity contribution in [1.82, 2.24) is 0 Å². The molecule has 4 heteroatoms. The van der Waals surface area contributed by atoms with Crippen LogP contribution in [0.5, 0.6) is 0 Å². The second-order valence-electron chi connectivity index (χ2n) is 4.58. The lowest BCUT2D eigenvalue weighted by molar-refractivity contribution is -0.138. The molecule has 92 valence electrons. The number of thiophene rings is 1. The molecule has 2 rings (SSSR count). The Balaban J connectivity index is 2.28. The molecule has 1 aromatic rings. The number of rotatable bonds is 4. The fourth-order valence-electron chi connectivity index (χ4n) is 2.61. The molecule has 1 unspecified atom stereocenters. The van der Waals surface area contributed by atoms with Gasteiger partial charge in [-0.3, -0.25) is 9.59 Å². The molecule has 0 spiro atoms. The summed E-state index contributed by atoms with van der Waals surface area (Å²) in [5.41, 5.74) is -0.509. The zero-order valence-electron chi connectivity index (χ0n) is 9.65. The molecule has 3 nitrogen and oxygen atoms in total. The predicted molar refractivity (Wildman–Crippen MR) is 66.3 cm³/mol. The summed E-state index contributed by atoms with van der Waals surface area (Å²) in [5.74, 6) is -0.591. The van der Waals surface area contributed by atoms with Gasteiger partial charge < -0.3 is 5.11 Å². The van der Waals surface area contributed by atoms with Crippen LogP contribution in [0.25, 0.3) is 0 Å². The zero-order valence-corrected chi connectivity index (χ0v) is 10.5. The second-order valence-corrected chi connectivity index (χ2v) is 5.53. The van der Waals surface area contributed by atoms with Gasteiger partial charge in [-0.05, 0) is 30.7 Å². The number of carboxylic acid groups (broad SMARTS) is 1. The van der Waals surface area contributed by atoms with E-state index in [9.17, 15) is 9.59 Å². The summed E-state index contributed by atoms with van der Waals surface area (Å²) in [6.07, 6.45) is 3.88. The van der Waals surface area contributed by atoms with Crippen LogP contribution < -0.4 is 0 Å². The molecule has 1 aliphatic carbocycles. The number of hydrogen-bond acceptors (Lipinski definition) is 3. The van der Waals surface area contributed by atoms with Gasteiger partial charge in [0.05, 0.1) is 5.41 Å². The molecule has 0 aromatic carbocycles. The number of aliphatic carboxylic acids is 1. The van der Waals surface area contributed by atoms with E-state index in [-0.39, 0.29) is 12.2 Å². The Morgan fingerprint density at radius 2 is 2.29 bits per heavy atom. The predicted octanol–water partition coefficient (Wildman–Crippen LogP) is 2.99. The summed E-state index contributed by atoms with van der Waals surface area (Å²) in [4.78, 5) is 24.0. The van der Waals surface area contributed by atoms with E-state index in [1.807, 2.05) is 17.5 Å². The van der Waals surface area contributed by atoms with E-state index in [4.69, 9.17) is 5.11 Å². The van der Waals surface area contributed by atoms with Crippen molar-refractivity contribution < 1.29 is 14.7 Å². The Kier molecular flexibility index (Phi) is 3.62. The first kappa shape index (κ1) is 12.3. The molecule has 1 aliphatic rings. The van der Waals surface area contributed by atoms with Crippen molar-refractivity contribution in [2.45, 2.75) is 43.9 Å². The van der Waals surface area contributed by atoms with E-state index in [2.05, 4.69) is 0 Å². The van der Waals surface area contributed by atoms with Gasteiger partial charge in [-0.1, -0.05) is 12.5 Å². The molecular formula is C13H16O3S. The van der Waals surface area contributed by atoms with E-state index in [1.54, 1.807) is 11.3 Å². The van der Waals surface area contributed by atoms with Gasteiger partial charge >= 0.3 is 5.97 Å². The van der Waals surface area contributed by atoms with Crippen molar-refractivity contribution in [3.05, 3.63) is 22.4 Å². The van der Waals surface area contributed by atoms with Gasteiger partial charge in [0.2, 0.25) is 0 Å². The summed E-state index contributed by atoms with van der Waals surface area (Å²) < 4.78 is 0. The maximum atomic E-state index is 12.2. The van der Waals surface area contributed by atoms with Gasteiger partial charge in [0.15, 0.2) is 0 Å². The summed E-state index contributed by atoms with van der Waals surface area (Å²) in [6, 6.07) is 3.90. The first-order valence-electron chi connectivity index (χ1n) is 5.94. The molecule has 1 saturated carbocycles. The summed E-state index contributed by atoms with van der Waals surface area (Å²) in [5, 5.41) is 10.8. The molecule has 0 saturated heterocycles. The van der Waals surface area contributed by atoms with Crippen LogP contribution in [0.4, 0.5) is 0 Å². The van der Waals surface area contributed by atoms with Gasteiger partial charge in [-0.15, -0.1) is 11.3 Å². The Labute approximate surface area is 104 Å². The minimum Gasteiger partial charge on any atom is -0.481 e. The third-order valence-corrected chi connectivity index (χ3v) is 4.62. The summed E-state index contributed by atoms with van der Waals surface area (Å²) in [6.45, 7) is 0. The van der Waals surface area contributed by atoms with Crippen molar-refractivity contribution in [2.24, 2.45) is 0 Å². The van der Waals surface area contributed by atoms with Crippen LogP contribution in [-0.2, 0) is 15.0 Å². The van der Waals surface area contributed by atoms with Gasteiger partial charge in [-0.2, -0.15) is 0 Å². The zero-order chi connectivity index (χ0) is 12.3. The van der Waals surface area contributed by atoms with Crippen molar-refractivity contribution >= 4 is 23.1 Å². The Hall–Kier alpha value is -1.16. The minimum absolute atomic E-state index is 0.0731. The first-order chi connectivity index (χ1) is 8.15. The van der Waals surface area contributed by atoms with Gasteiger partial charge in [0, 0.05) is 17.7 Å². The average molecular weight is 252 g/mol. The molecule has 1 atom stereocenters. The molecule has 0 aliphatic heterocycles. The number of carbonyl (C=O) groups excluding carboxylic acids is 1. The van der Waals surface area contributed by atoms with Crippen LogP contribution in [0.15, 0.2) is 17.5 Å². The number of Topliss-reactive ketones (excluding diaryl/α,β-unsaturated/α-hetero) is 1. The average Bonchev–Trinajstić information content (AvgIpc) is 2.82. The second kappa shape index (κ2) is 5.00. The topological polar surface area (TPSA) is 54.4 Å². The number of ketones is 1. The largest absolute Gasteiger partial charge is 0.481 e. The lowest BCUT2D eigenvalue weighted by Gasteiger charge is -2.34. The highest BCUT2D eigenvalue weighted by atomic mass is 32.1. The highest BCUT2D eigenvalue weighted by Crippen LogP contribution is 2.42. The molecule has 1 heterocycles. The maximum absolute atomic E-state index is 12.2. The van der Waals surface area contributed by atoms with Crippen molar-refractivity contribution in [3.63, 3.8) is 0 Å². The van der Waals surface area contributed by atoms with Crippen LogP contribution in [0.3, 0.4) is 0 Å². The SMILES string of the molecule is O=C(O)CCC1(c2cccs2)CCCCC1=O. The number of carbonyl (C=O) groups is 2. The van der Waals surface area contributed by atoms with Gasteiger partial charge in [0.25, 0.3) is 0 Å². The Morgan fingerprint density at radius 1 is 1.47 bits per heavy atom. The molecular weight excluding hydrogens is 236 g/mol. The van der Waals surface area contributed by atoms with E-state index < -0.39 is 11.4 Å². The number of hydrogen-bond donors (Lipinski definition) is 1. The molecule has 1 aromatic heterocycles. The molecule has 1 fully saturated rings. The molecule has 1 N–H and O–H groups in total. The third-order valence-electron chi connectivity index (χ3n) is 3.55. The van der Waals surface area contributed by atoms with Crippen LogP contribution in [0.2, 0.25) is 0 Å². The standard InChI is InChI=1S/C13H16O3S/c14-10-4-1-2-7-13(10,8-6-12(15)16)11-5-3-9-17-11/h3,5,9H,1-2,4,6-8H2,(H,15,16). The van der Waals surface area contributed by atoms with E-state index >= 15 is 0 Å². The highest BCUT2D eigenvalue weighted by Gasteiger charge is 2.42. The summed E-state index contributed by atoms with van der Waals surface area (Å²) in [7, 11) is 0. The van der Waals surface area contributed by atoms with E-state index in [1.165, 1.54) is 0 Å². The first-order valence-corrected chi connectivity index (χ1v) is 6.82. The Bertz CT molecular complexity index is 410. The fourth-order valence-corrected chi connectivity index (χ4v) is 3.61. The van der Waals surface area contributed by atoms with E-state index in [0.29, 0.717) is 12.8 Å². The lowest BCUT2D eigenvalue weighted by atomic mass is 9.69. The molecule has 0 bridgehead atoms. The highest BCUT2D eigenvalue weighted by molar-refractivity contribution is 7.10. The fraction of sp³-hybridized carbons (Fsp3) is 0.538. The third kappa shape index (κ3) is 2.41. The van der Waals surface area contributed by atoms with Gasteiger partial charge in [-0.25, -0.2) is 0 Å².